The zero-order valence-corrected chi connectivity index (χ0v) is 30.5. The SMILES string of the molecule is CN=C(N)NCc1c(CCc2ccc(N)nc2)cc2c(c1O)C(=O)c1c(O[C@@H]3O[C@](O)(CO)[C@](O)(CCc4ccnc(N)c4)[C@H](O)[C@H]3O)cc(OC)cc1C2=O. The molecule has 2 aliphatic rings. The number of hydrogen-bond donors (Lipinski definition) is 10. The highest BCUT2D eigenvalue weighted by Crippen LogP contribution is 2.45. The summed E-state index contributed by atoms with van der Waals surface area (Å²) >= 11 is 0. The van der Waals surface area contributed by atoms with Gasteiger partial charge in [-0.05, 0) is 72.7 Å². The zero-order chi connectivity index (χ0) is 40.5. The van der Waals surface area contributed by atoms with E-state index < -0.39 is 66.0 Å². The van der Waals surface area contributed by atoms with Crippen molar-refractivity contribution in [1.29, 1.82) is 0 Å². The highest BCUT2D eigenvalue weighted by Gasteiger charge is 2.64. The van der Waals surface area contributed by atoms with E-state index in [2.05, 4.69) is 20.3 Å². The van der Waals surface area contributed by atoms with Crippen molar-refractivity contribution >= 4 is 29.2 Å². The highest BCUT2D eigenvalue weighted by molar-refractivity contribution is 6.30. The van der Waals surface area contributed by atoms with Crippen LogP contribution in [-0.2, 0) is 30.5 Å². The van der Waals surface area contributed by atoms with E-state index in [9.17, 15) is 40.2 Å². The molecule has 1 aliphatic heterocycles. The first-order valence-electron chi connectivity index (χ1n) is 17.5. The summed E-state index contributed by atoms with van der Waals surface area (Å²) in [5.41, 5.74) is 15.9. The Hall–Kier alpha value is -5.89. The number of aryl methyl sites for hydroxylation is 3. The summed E-state index contributed by atoms with van der Waals surface area (Å²) in [6.07, 6.45) is -2.95. The number of nitrogens with zero attached hydrogens (tertiary/aromatic N) is 3. The molecule has 2 aromatic heterocycles. The Labute approximate surface area is 320 Å². The third-order valence-corrected chi connectivity index (χ3v) is 10.1. The normalized spacial score (nSPS) is 23.3. The Morgan fingerprint density at radius 2 is 1.71 bits per heavy atom. The number of carbonyl (C=O) groups is 2. The molecule has 6 rings (SSSR count). The summed E-state index contributed by atoms with van der Waals surface area (Å²) in [5, 5.41) is 70.4. The molecule has 4 aromatic rings. The van der Waals surface area contributed by atoms with Crippen molar-refractivity contribution in [1.82, 2.24) is 15.3 Å². The molecule has 18 heteroatoms. The predicted octanol–water partition coefficient (Wildman–Crippen LogP) is -0.548. The summed E-state index contributed by atoms with van der Waals surface area (Å²) in [5.74, 6) is -4.74. The van der Waals surface area contributed by atoms with E-state index in [0.717, 1.165) is 5.56 Å². The van der Waals surface area contributed by atoms with Gasteiger partial charge in [0.25, 0.3) is 0 Å². The van der Waals surface area contributed by atoms with Crippen LogP contribution in [0.2, 0.25) is 0 Å². The minimum absolute atomic E-state index is 0.00273. The van der Waals surface area contributed by atoms with E-state index in [4.69, 9.17) is 31.4 Å². The second-order valence-electron chi connectivity index (χ2n) is 13.5. The number of nitrogens with one attached hydrogen (secondary N) is 1. The van der Waals surface area contributed by atoms with Crippen LogP contribution in [0.5, 0.6) is 17.2 Å². The van der Waals surface area contributed by atoms with E-state index in [1.807, 2.05) is 0 Å². The van der Waals surface area contributed by atoms with Gasteiger partial charge in [0.05, 0.1) is 18.2 Å². The minimum Gasteiger partial charge on any atom is -0.507 e. The van der Waals surface area contributed by atoms with E-state index in [1.54, 1.807) is 24.4 Å². The Balaban J connectivity index is 1.36. The molecule has 0 amide bonds. The quantitative estimate of drug-likeness (QED) is 0.0562. The number of phenols is 1. The second-order valence-corrected chi connectivity index (χ2v) is 13.5. The number of carbonyl (C=O) groups excluding carboxylic acids is 2. The molecule has 0 unspecified atom stereocenters. The molecule has 1 saturated heterocycles. The van der Waals surface area contributed by atoms with Crippen molar-refractivity contribution in [2.45, 2.75) is 62.1 Å². The minimum atomic E-state index is -2.91. The van der Waals surface area contributed by atoms with Crippen LogP contribution in [0, 0.1) is 0 Å². The Bertz CT molecular complexity index is 2180. The van der Waals surface area contributed by atoms with Gasteiger partial charge in [-0.15, -0.1) is 0 Å². The Kier molecular flexibility index (Phi) is 11.2. The number of anilines is 2. The molecule has 5 atom stereocenters. The number of aromatic nitrogens is 2. The summed E-state index contributed by atoms with van der Waals surface area (Å²) in [7, 11) is 2.76. The number of phenolic OH excluding ortho intramolecular Hbond substituents is 1. The lowest BCUT2D eigenvalue weighted by molar-refractivity contribution is -0.419. The van der Waals surface area contributed by atoms with Crippen molar-refractivity contribution in [3.05, 3.63) is 99.4 Å². The van der Waals surface area contributed by atoms with Crippen LogP contribution >= 0.6 is 0 Å². The fourth-order valence-electron chi connectivity index (χ4n) is 6.95. The van der Waals surface area contributed by atoms with Crippen LogP contribution in [0.1, 0.15) is 60.5 Å². The van der Waals surface area contributed by atoms with Gasteiger partial charge in [0, 0.05) is 48.7 Å². The molecule has 18 nitrogen and oxygen atoms in total. The molecule has 0 saturated carbocycles. The number of aliphatic hydroxyl groups excluding tert-OH is 3. The maximum absolute atomic E-state index is 14.5. The first-order chi connectivity index (χ1) is 26.6. The fraction of sp³-hybridized carbons (Fsp3) is 0.342. The number of methoxy groups -OCH3 is 1. The summed E-state index contributed by atoms with van der Waals surface area (Å²) in [6, 6.07) is 10.6. The average molecular weight is 774 g/mol. The number of aliphatic hydroxyl groups is 5. The molecule has 296 valence electrons. The van der Waals surface area contributed by atoms with Crippen LogP contribution in [-0.4, -0.2) is 109 Å². The third kappa shape index (κ3) is 7.28. The number of nitrogen functional groups attached to an aromatic ring is 2. The molecule has 0 bridgehead atoms. The maximum atomic E-state index is 14.5. The predicted molar refractivity (Wildman–Crippen MR) is 200 cm³/mol. The number of aliphatic imine (C=N–C) groups is 1. The smallest absolute Gasteiger partial charge is 0.231 e. The van der Waals surface area contributed by atoms with Crippen molar-refractivity contribution in [2.24, 2.45) is 10.7 Å². The number of hydrogen-bond acceptors (Lipinski definition) is 16. The van der Waals surface area contributed by atoms with Crippen molar-refractivity contribution < 1.29 is 54.4 Å². The molecular weight excluding hydrogens is 730 g/mol. The van der Waals surface area contributed by atoms with Crippen molar-refractivity contribution in [3.8, 4) is 17.2 Å². The molecule has 3 heterocycles. The average Bonchev–Trinajstić information content (AvgIpc) is 3.19. The number of aromatic hydroxyl groups is 1. The van der Waals surface area contributed by atoms with Gasteiger partial charge >= 0.3 is 0 Å². The Morgan fingerprint density at radius 1 is 0.964 bits per heavy atom. The molecule has 0 spiro atoms. The van der Waals surface area contributed by atoms with E-state index in [0.29, 0.717) is 29.8 Å². The monoisotopic (exact) mass is 773 g/mol. The van der Waals surface area contributed by atoms with Crippen molar-refractivity contribution in [2.75, 3.05) is 32.2 Å². The van der Waals surface area contributed by atoms with Crippen molar-refractivity contribution in [3.63, 3.8) is 0 Å². The summed E-state index contributed by atoms with van der Waals surface area (Å²) in [6.45, 7) is -1.34. The number of fused-ring (bicyclic) bond motifs is 2. The van der Waals surface area contributed by atoms with Gasteiger partial charge in [-0.25, -0.2) is 9.97 Å². The Morgan fingerprint density at radius 3 is 2.38 bits per heavy atom. The number of pyridine rings is 2. The van der Waals surface area contributed by atoms with Crippen LogP contribution in [0.15, 0.2) is 59.9 Å². The standard InChI is InChI=1S/C38H43N7O11/c1-42-36(41)45-16-24-20(5-3-19-4-6-26(39)44-15-19)12-22-29(31(24)48)32(49)28-23(30(22)47)13-21(54-2)14-25(28)55-35-33(50)34(51)37(52,38(53,17-46)56-35)9-7-18-8-10-43-27(40)11-18/h4,6,8,10-15,33-35,46,48,50-53H,3,5,7,9,16-17H2,1-2H3,(H2,39,44)(H2,40,43)(H3,41,42,45)/t33-,34-,35-,37+,38-/m1/s1. The molecule has 1 aliphatic carbocycles. The second kappa shape index (κ2) is 15.7. The number of rotatable bonds is 12. The number of nitrogens with two attached hydrogens (primary N) is 3. The maximum Gasteiger partial charge on any atom is 0.231 e. The number of guanidine groups is 1. The van der Waals surface area contributed by atoms with Gasteiger partial charge in [-0.1, -0.05) is 6.07 Å². The zero-order valence-electron chi connectivity index (χ0n) is 30.5. The van der Waals surface area contributed by atoms with E-state index >= 15 is 0 Å². The van der Waals surface area contributed by atoms with Gasteiger partial charge < -0.3 is 67.4 Å². The highest BCUT2D eigenvalue weighted by atomic mass is 16.8. The van der Waals surface area contributed by atoms with Gasteiger partial charge in [0.1, 0.15) is 53.3 Å². The van der Waals surface area contributed by atoms with Gasteiger partial charge in [-0.3, -0.25) is 14.6 Å². The fourth-order valence-corrected chi connectivity index (χ4v) is 6.95. The van der Waals surface area contributed by atoms with E-state index in [-0.39, 0.29) is 58.3 Å². The van der Waals surface area contributed by atoms with Gasteiger partial charge in [0.2, 0.25) is 17.9 Å². The summed E-state index contributed by atoms with van der Waals surface area (Å²) < 4.78 is 16.9. The lowest BCUT2D eigenvalue weighted by atomic mass is 9.77. The molecule has 1 fully saturated rings. The third-order valence-electron chi connectivity index (χ3n) is 10.1. The lowest BCUT2D eigenvalue weighted by Crippen LogP contribution is -2.74. The van der Waals surface area contributed by atoms with Crippen LogP contribution in [0.25, 0.3) is 0 Å². The first kappa shape index (κ1) is 39.8. The topological polar surface area (TPSA) is 311 Å². The largest absolute Gasteiger partial charge is 0.507 e. The molecule has 2 aromatic carbocycles. The van der Waals surface area contributed by atoms with Crippen LogP contribution in [0.4, 0.5) is 11.6 Å². The summed E-state index contributed by atoms with van der Waals surface area (Å²) in [4.78, 5) is 40.6. The number of ether oxygens (including phenoxy) is 3. The number of ketones is 2. The molecule has 56 heavy (non-hydrogen) atoms. The van der Waals surface area contributed by atoms with E-state index in [1.165, 1.54) is 44.6 Å². The molecule has 13 N–H and O–H groups in total. The molecular formula is C38H43N7O11. The van der Waals surface area contributed by atoms with Gasteiger partial charge in [0.15, 0.2) is 11.7 Å². The first-order valence-corrected chi connectivity index (χ1v) is 17.5. The lowest BCUT2D eigenvalue weighted by Gasteiger charge is -2.52. The number of benzene rings is 2. The van der Waals surface area contributed by atoms with Crippen LogP contribution < -0.4 is 32.0 Å². The molecule has 0 radical (unpaired) electrons. The van der Waals surface area contributed by atoms with Gasteiger partial charge in [-0.2, -0.15) is 0 Å². The van der Waals surface area contributed by atoms with Crippen LogP contribution in [0.3, 0.4) is 0 Å².